The van der Waals surface area contributed by atoms with Crippen LogP contribution in [0.1, 0.15) is 50.9 Å². The molecule has 2 aromatic rings. The number of rotatable bonds is 10. The first kappa shape index (κ1) is 24.7. The molecular weight excluding hydrogens is 416 g/mol. The summed E-state index contributed by atoms with van der Waals surface area (Å²) in [7, 11) is 0. The van der Waals surface area contributed by atoms with Gasteiger partial charge in [-0.05, 0) is 54.7 Å². The highest BCUT2D eigenvalue weighted by Gasteiger charge is 2.37. The summed E-state index contributed by atoms with van der Waals surface area (Å²) in [5, 5.41) is 0.551. The summed E-state index contributed by atoms with van der Waals surface area (Å²) >= 11 is 5.89. The van der Waals surface area contributed by atoms with Crippen LogP contribution in [-0.2, 0) is 9.47 Å². The minimum Gasteiger partial charge on any atom is -0.461 e. The molecule has 0 saturated carbocycles. The molecule has 0 spiro atoms. The molecule has 0 bridgehead atoms. The van der Waals surface area contributed by atoms with E-state index in [2.05, 4.69) is 13.8 Å². The highest BCUT2D eigenvalue weighted by atomic mass is 35.5. The molecule has 1 atom stereocenters. The standard InChI is InChI=1S/C25H31ClO5/c1-18(2)14-15-25(19(3)4,16-29-23(27)20-10-12-21(26)13-11-20)17-30-24(28)31-22-8-6-5-7-9-22/h5-13,18-19H,14-17H2,1-4H3. The maximum absolute atomic E-state index is 12.5. The molecule has 2 aromatic carbocycles. The van der Waals surface area contributed by atoms with Crippen molar-refractivity contribution in [1.29, 1.82) is 0 Å². The van der Waals surface area contributed by atoms with Crippen LogP contribution in [0.2, 0.25) is 5.02 Å². The Morgan fingerprint density at radius 3 is 2.10 bits per heavy atom. The lowest BCUT2D eigenvalue weighted by Crippen LogP contribution is -2.40. The first-order valence-corrected chi connectivity index (χ1v) is 10.9. The zero-order valence-electron chi connectivity index (χ0n) is 18.6. The molecule has 0 aliphatic carbocycles. The average Bonchev–Trinajstić information content (AvgIpc) is 2.74. The van der Waals surface area contributed by atoms with Crippen molar-refractivity contribution in [3.63, 3.8) is 0 Å². The molecule has 0 aliphatic heterocycles. The topological polar surface area (TPSA) is 61.8 Å². The van der Waals surface area contributed by atoms with Crippen LogP contribution in [0.5, 0.6) is 5.75 Å². The lowest BCUT2D eigenvalue weighted by atomic mass is 9.74. The van der Waals surface area contributed by atoms with Gasteiger partial charge in [0.2, 0.25) is 0 Å². The van der Waals surface area contributed by atoms with Gasteiger partial charge in [0, 0.05) is 10.4 Å². The van der Waals surface area contributed by atoms with Crippen LogP contribution in [0.25, 0.3) is 0 Å². The Kier molecular flexibility index (Phi) is 9.38. The van der Waals surface area contributed by atoms with Gasteiger partial charge in [0.05, 0.1) is 5.56 Å². The van der Waals surface area contributed by atoms with E-state index in [1.54, 1.807) is 48.5 Å². The zero-order valence-corrected chi connectivity index (χ0v) is 19.4. The van der Waals surface area contributed by atoms with Gasteiger partial charge in [0.15, 0.2) is 0 Å². The highest BCUT2D eigenvalue weighted by Crippen LogP contribution is 2.36. The number of esters is 1. The quantitative estimate of drug-likeness (QED) is 0.297. The maximum atomic E-state index is 12.5. The molecule has 0 amide bonds. The van der Waals surface area contributed by atoms with E-state index < -0.39 is 17.5 Å². The van der Waals surface area contributed by atoms with Crippen LogP contribution in [0.3, 0.4) is 0 Å². The second-order valence-corrected chi connectivity index (χ2v) is 8.92. The van der Waals surface area contributed by atoms with Gasteiger partial charge in [-0.1, -0.05) is 63.9 Å². The predicted molar refractivity (Wildman–Crippen MR) is 121 cm³/mol. The van der Waals surface area contributed by atoms with E-state index in [9.17, 15) is 9.59 Å². The number of hydrogen-bond acceptors (Lipinski definition) is 5. The Morgan fingerprint density at radius 1 is 0.903 bits per heavy atom. The van der Waals surface area contributed by atoms with Gasteiger partial charge in [-0.3, -0.25) is 0 Å². The second kappa shape index (κ2) is 11.8. The lowest BCUT2D eigenvalue weighted by Gasteiger charge is -2.37. The molecule has 0 aliphatic rings. The number of ether oxygens (including phenoxy) is 3. The third kappa shape index (κ3) is 7.91. The fourth-order valence-electron chi connectivity index (χ4n) is 3.08. The number of halogens is 1. The maximum Gasteiger partial charge on any atom is 0.513 e. The van der Waals surface area contributed by atoms with E-state index in [0.717, 1.165) is 12.8 Å². The molecular formula is C25H31ClO5. The van der Waals surface area contributed by atoms with Gasteiger partial charge < -0.3 is 14.2 Å². The minimum absolute atomic E-state index is 0.0942. The zero-order chi connectivity index (χ0) is 22.9. The largest absolute Gasteiger partial charge is 0.513 e. The first-order valence-electron chi connectivity index (χ1n) is 10.5. The van der Waals surface area contributed by atoms with Gasteiger partial charge in [-0.25, -0.2) is 9.59 Å². The summed E-state index contributed by atoms with van der Waals surface area (Å²) in [4.78, 5) is 24.8. The van der Waals surface area contributed by atoms with Crippen molar-refractivity contribution in [1.82, 2.24) is 0 Å². The Bertz CT molecular complexity index is 833. The van der Waals surface area contributed by atoms with Crippen LogP contribution in [-0.4, -0.2) is 25.3 Å². The van der Waals surface area contributed by atoms with Crippen LogP contribution < -0.4 is 4.74 Å². The molecule has 6 heteroatoms. The molecule has 0 heterocycles. The first-order chi connectivity index (χ1) is 14.7. The van der Waals surface area contributed by atoms with Crippen molar-refractivity contribution < 1.29 is 23.8 Å². The van der Waals surface area contributed by atoms with E-state index in [1.807, 2.05) is 19.9 Å². The van der Waals surface area contributed by atoms with E-state index in [-0.39, 0.29) is 19.1 Å². The number of benzene rings is 2. The molecule has 0 aromatic heterocycles. The van der Waals surface area contributed by atoms with Crippen molar-refractivity contribution in [2.45, 2.75) is 40.5 Å². The highest BCUT2D eigenvalue weighted by molar-refractivity contribution is 6.30. The third-order valence-electron chi connectivity index (χ3n) is 5.44. The van der Waals surface area contributed by atoms with Crippen molar-refractivity contribution >= 4 is 23.7 Å². The number of para-hydroxylation sites is 1. The van der Waals surface area contributed by atoms with Crippen molar-refractivity contribution in [2.24, 2.45) is 17.3 Å². The van der Waals surface area contributed by atoms with Crippen LogP contribution in [0.4, 0.5) is 4.79 Å². The predicted octanol–water partition coefficient (Wildman–Crippen LogP) is 6.79. The van der Waals surface area contributed by atoms with E-state index >= 15 is 0 Å². The summed E-state index contributed by atoms with van der Waals surface area (Å²) in [6.45, 7) is 8.59. The monoisotopic (exact) mass is 446 g/mol. The van der Waals surface area contributed by atoms with Gasteiger partial charge in [-0.2, -0.15) is 0 Å². The second-order valence-electron chi connectivity index (χ2n) is 8.49. The number of carbonyl (C=O) groups is 2. The molecule has 5 nitrogen and oxygen atoms in total. The van der Waals surface area contributed by atoms with Gasteiger partial charge in [0.1, 0.15) is 19.0 Å². The fourth-order valence-corrected chi connectivity index (χ4v) is 3.21. The van der Waals surface area contributed by atoms with Gasteiger partial charge in [-0.15, -0.1) is 0 Å². The Labute approximate surface area is 189 Å². The molecule has 1 unspecified atom stereocenters. The smallest absolute Gasteiger partial charge is 0.461 e. The van der Waals surface area contributed by atoms with E-state index in [0.29, 0.717) is 22.3 Å². The Hall–Kier alpha value is -2.53. The van der Waals surface area contributed by atoms with Gasteiger partial charge >= 0.3 is 12.1 Å². The van der Waals surface area contributed by atoms with Crippen molar-refractivity contribution in [3.8, 4) is 5.75 Å². The van der Waals surface area contributed by atoms with Crippen molar-refractivity contribution in [3.05, 3.63) is 65.2 Å². The molecule has 0 radical (unpaired) electrons. The summed E-state index contributed by atoms with van der Waals surface area (Å²) in [6, 6.07) is 15.3. The average molecular weight is 447 g/mol. The normalized spacial score (nSPS) is 13.0. The summed E-state index contributed by atoms with van der Waals surface area (Å²) in [5.74, 6) is 0.548. The van der Waals surface area contributed by atoms with Gasteiger partial charge in [0.25, 0.3) is 0 Å². The van der Waals surface area contributed by atoms with Crippen LogP contribution in [0, 0.1) is 17.3 Å². The van der Waals surface area contributed by atoms with E-state index in [4.69, 9.17) is 25.8 Å². The number of hydrogen-bond donors (Lipinski definition) is 0. The Balaban J connectivity index is 2.08. The molecule has 0 N–H and O–H groups in total. The molecule has 168 valence electrons. The third-order valence-corrected chi connectivity index (χ3v) is 5.69. The Morgan fingerprint density at radius 2 is 1.52 bits per heavy atom. The SMILES string of the molecule is CC(C)CCC(COC(=O)Oc1ccccc1)(COC(=O)c1ccc(Cl)cc1)C(C)C. The van der Waals surface area contributed by atoms with E-state index in [1.165, 1.54) is 0 Å². The van der Waals surface area contributed by atoms with Crippen LogP contribution >= 0.6 is 11.6 Å². The fraction of sp³-hybridized carbons (Fsp3) is 0.440. The summed E-state index contributed by atoms with van der Waals surface area (Å²) < 4.78 is 16.4. The van der Waals surface area contributed by atoms with Crippen molar-refractivity contribution in [2.75, 3.05) is 13.2 Å². The lowest BCUT2D eigenvalue weighted by molar-refractivity contribution is -0.0299. The molecule has 31 heavy (non-hydrogen) atoms. The summed E-state index contributed by atoms with van der Waals surface area (Å²) in [5.41, 5.74) is -0.0995. The summed E-state index contributed by atoms with van der Waals surface area (Å²) in [6.07, 6.45) is 0.882. The number of carbonyl (C=O) groups excluding carboxylic acids is 2. The molecule has 0 fully saturated rings. The molecule has 2 rings (SSSR count). The van der Waals surface area contributed by atoms with Crippen LogP contribution in [0.15, 0.2) is 54.6 Å². The minimum atomic E-state index is -0.773. The molecule has 0 saturated heterocycles.